The maximum Gasteiger partial charge on any atom is 0.242 e. The standard InChI is InChI=1S/C20H37N5O.HI/c1-6-21-19(22-11-16-9-10-23(12-16)17-7-8-17)24-13-18(26)25(15(2)3)20(4,5)14-24;/h15-17H,6-14H2,1-5H3,(H,21,22);1H. The van der Waals surface area contributed by atoms with E-state index in [9.17, 15) is 4.79 Å². The molecule has 6 nitrogen and oxygen atoms in total. The Bertz CT molecular complexity index is 546. The largest absolute Gasteiger partial charge is 0.357 e. The van der Waals surface area contributed by atoms with Crippen LogP contribution in [-0.4, -0.2) is 83.5 Å². The summed E-state index contributed by atoms with van der Waals surface area (Å²) in [7, 11) is 0. The monoisotopic (exact) mass is 491 g/mol. The molecule has 1 aliphatic carbocycles. The molecule has 3 aliphatic rings. The molecule has 1 saturated carbocycles. The van der Waals surface area contributed by atoms with Crippen molar-refractivity contribution in [3.8, 4) is 0 Å². The molecule has 1 N–H and O–H groups in total. The molecule has 2 heterocycles. The zero-order chi connectivity index (χ0) is 18.9. The lowest BCUT2D eigenvalue weighted by Gasteiger charge is -2.49. The number of nitrogens with zero attached hydrogens (tertiary/aromatic N) is 4. The van der Waals surface area contributed by atoms with Crippen LogP contribution in [-0.2, 0) is 4.79 Å². The van der Waals surface area contributed by atoms with Crippen molar-refractivity contribution in [3.63, 3.8) is 0 Å². The Hall–Kier alpha value is -0.570. The zero-order valence-corrected chi connectivity index (χ0v) is 20.0. The minimum absolute atomic E-state index is 0. The number of carbonyl (C=O) groups excluding carboxylic acids is 1. The zero-order valence-electron chi connectivity index (χ0n) is 17.7. The number of aliphatic imine (C=N–C) groups is 1. The predicted molar refractivity (Wildman–Crippen MR) is 122 cm³/mol. The number of carbonyl (C=O) groups is 1. The van der Waals surface area contributed by atoms with Gasteiger partial charge in [0.05, 0.1) is 12.1 Å². The Morgan fingerprint density at radius 3 is 2.56 bits per heavy atom. The van der Waals surface area contributed by atoms with Gasteiger partial charge in [0.1, 0.15) is 0 Å². The lowest BCUT2D eigenvalue weighted by Crippen LogP contribution is -2.66. The summed E-state index contributed by atoms with van der Waals surface area (Å²) >= 11 is 0. The minimum atomic E-state index is -0.185. The number of amides is 1. The fraction of sp³-hybridized carbons (Fsp3) is 0.900. The topological polar surface area (TPSA) is 51.2 Å². The molecule has 3 rings (SSSR count). The van der Waals surface area contributed by atoms with Crippen LogP contribution in [0.25, 0.3) is 0 Å². The van der Waals surface area contributed by atoms with Crippen LogP contribution in [0.1, 0.15) is 53.9 Å². The molecule has 2 saturated heterocycles. The van der Waals surface area contributed by atoms with Crippen molar-refractivity contribution in [3.05, 3.63) is 0 Å². The molecule has 0 spiro atoms. The van der Waals surface area contributed by atoms with Gasteiger partial charge in [-0.15, -0.1) is 24.0 Å². The molecule has 0 aromatic heterocycles. The third-order valence-corrected chi connectivity index (χ3v) is 5.86. The Morgan fingerprint density at radius 2 is 2.00 bits per heavy atom. The summed E-state index contributed by atoms with van der Waals surface area (Å²) in [4.78, 5) is 24.5. The van der Waals surface area contributed by atoms with Crippen LogP contribution in [0.4, 0.5) is 0 Å². The van der Waals surface area contributed by atoms with Crippen LogP contribution < -0.4 is 5.32 Å². The van der Waals surface area contributed by atoms with Crippen LogP contribution in [0.3, 0.4) is 0 Å². The molecule has 27 heavy (non-hydrogen) atoms. The molecule has 1 unspecified atom stereocenters. The highest BCUT2D eigenvalue weighted by molar-refractivity contribution is 14.0. The van der Waals surface area contributed by atoms with Gasteiger partial charge >= 0.3 is 0 Å². The van der Waals surface area contributed by atoms with Gasteiger partial charge in [0.25, 0.3) is 0 Å². The first-order valence-electron chi connectivity index (χ1n) is 10.4. The third-order valence-electron chi connectivity index (χ3n) is 5.86. The summed E-state index contributed by atoms with van der Waals surface area (Å²) in [5.41, 5.74) is -0.185. The van der Waals surface area contributed by atoms with Gasteiger partial charge < -0.3 is 20.0 Å². The highest BCUT2D eigenvalue weighted by Gasteiger charge is 2.41. The van der Waals surface area contributed by atoms with Gasteiger partial charge in [-0.2, -0.15) is 0 Å². The van der Waals surface area contributed by atoms with E-state index in [-0.39, 0.29) is 41.5 Å². The highest BCUT2D eigenvalue weighted by atomic mass is 127. The molecule has 7 heteroatoms. The number of guanidine groups is 1. The average Bonchev–Trinajstić information content (AvgIpc) is 3.28. The van der Waals surface area contributed by atoms with Gasteiger partial charge in [-0.05, 0) is 66.3 Å². The Labute approximate surface area is 182 Å². The van der Waals surface area contributed by atoms with Gasteiger partial charge in [0.15, 0.2) is 5.96 Å². The molecule has 2 aliphatic heterocycles. The van der Waals surface area contributed by atoms with Crippen LogP contribution in [0.15, 0.2) is 4.99 Å². The van der Waals surface area contributed by atoms with Crippen molar-refractivity contribution in [2.24, 2.45) is 10.9 Å². The molecule has 0 aromatic rings. The summed E-state index contributed by atoms with van der Waals surface area (Å²) in [6.07, 6.45) is 4.02. The van der Waals surface area contributed by atoms with E-state index in [0.717, 1.165) is 31.6 Å². The number of hydrogen-bond donors (Lipinski definition) is 1. The predicted octanol–water partition coefficient (Wildman–Crippen LogP) is 2.39. The number of likely N-dealkylation sites (tertiary alicyclic amines) is 1. The van der Waals surface area contributed by atoms with Gasteiger partial charge in [-0.1, -0.05) is 0 Å². The van der Waals surface area contributed by atoms with Gasteiger partial charge in [-0.3, -0.25) is 9.79 Å². The molecule has 0 radical (unpaired) electrons. The first-order chi connectivity index (χ1) is 12.3. The highest BCUT2D eigenvalue weighted by Crippen LogP contribution is 2.31. The van der Waals surface area contributed by atoms with E-state index in [1.165, 1.54) is 32.4 Å². The fourth-order valence-corrected chi connectivity index (χ4v) is 4.74. The van der Waals surface area contributed by atoms with Crippen LogP contribution in [0.2, 0.25) is 0 Å². The molecule has 0 aromatic carbocycles. The number of hydrogen-bond acceptors (Lipinski definition) is 3. The van der Waals surface area contributed by atoms with E-state index in [1.54, 1.807) is 0 Å². The van der Waals surface area contributed by atoms with Crippen molar-refractivity contribution in [1.29, 1.82) is 0 Å². The van der Waals surface area contributed by atoms with Crippen molar-refractivity contribution >= 4 is 35.8 Å². The fourth-order valence-electron chi connectivity index (χ4n) is 4.74. The average molecular weight is 491 g/mol. The van der Waals surface area contributed by atoms with E-state index in [0.29, 0.717) is 12.5 Å². The van der Waals surface area contributed by atoms with Gasteiger partial charge in [0.2, 0.25) is 5.91 Å². The second kappa shape index (κ2) is 9.29. The summed E-state index contributed by atoms with van der Waals surface area (Å²) in [5, 5.41) is 3.42. The van der Waals surface area contributed by atoms with Crippen molar-refractivity contribution in [2.75, 3.05) is 39.3 Å². The molecular weight excluding hydrogens is 453 g/mol. The summed E-state index contributed by atoms with van der Waals surface area (Å²) in [6, 6.07) is 1.09. The lowest BCUT2D eigenvalue weighted by molar-refractivity contribution is -0.145. The normalized spacial score (nSPS) is 26.5. The minimum Gasteiger partial charge on any atom is -0.357 e. The van der Waals surface area contributed by atoms with Gasteiger partial charge in [0, 0.05) is 38.3 Å². The number of piperazine rings is 1. The van der Waals surface area contributed by atoms with Gasteiger partial charge in [-0.25, -0.2) is 0 Å². The number of halogens is 1. The smallest absolute Gasteiger partial charge is 0.242 e. The number of rotatable bonds is 5. The van der Waals surface area contributed by atoms with Crippen LogP contribution in [0, 0.1) is 5.92 Å². The van der Waals surface area contributed by atoms with E-state index < -0.39 is 0 Å². The van der Waals surface area contributed by atoms with Crippen molar-refractivity contribution < 1.29 is 4.79 Å². The molecule has 1 atom stereocenters. The van der Waals surface area contributed by atoms with E-state index in [4.69, 9.17) is 4.99 Å². The SMILES string of the molecule is CCNC(=NCC1CCN(C2CC2)C1)N1CC(=O)N(C(C)C)C(C)(C)C1.I. The first-order valence-corrected chi connectivity index (χ1v) is 10.4. The van der Waals surface area contributed by atoms with E-state index in [1.807, 2.05) is 4.90 Å². The lowest BCUT2D eigenvalue weighted by atomic mass is 9.96. The quantitative estimate of drug-likeness (QED) is 0.365. The van der Waals surface area contributed by atoms with Crippen LogP contribution >= 0.6 is 24.0 Å². The molecule has 3 fully saturated rings. The second-order valence-corrected chi connectivity index (χ2v) is 9.10. The first kappa shape index (κ1) is 22.7. The Kier molecular flexibility index (Phi) is 7.81. The molecule has 1 amide bonds. The van der Waals surface area contributed by atoms with Crippen molar-refractivity contribution in [1.82, 2.24) is 20.0 Å². The molecule has 156 valence electrons. The summed E-state index contributed by atoms with van der Waals surface area (Å²) in [6.45, 7) is 16.0. The maximum absolute atomic E-state index is 12.8. The van der Waals surface area contributed by atoms with Crippen molar-refractivity contribution in [2.45, 2.75) is 71.5 Å². The molecular formula is C20H38IN5O. The Balaban J connectivity index is 0.00000261. The number of nitrogens with one attached hydrogen (secondary N) is 1. The maximum atomic E-state index is 12.8. The van der Waals surface area contributed by atoms with E-state index >= 15 is 0 Å². The van der Waals surface area contributed by atoms with Crippen LogP contribution in [0.5, 0.6) is 0 Å². The third kappa shape index (κ3) is 5.49. The molecule has 0 bridgehead atoms. The Morgan fingerprint density at radius 1 is 1.30 bits per heavy atom. The second-order valence-electron chi connectivity index (χ2n) is 9.10. The van der Waals surface area contributed by atoms with E-state index in [2.05, 4.69) is 49.7 Å². The summed E-state index contributed by atoms with van der Waals surface area (Å²) < 4.78 is 0. The summed E-state index contributed by atoms with van der Waals surface area (Å²) in [5.74, 6) is 1.76.